The molecule has 4 bridgehead atoms. The zero-order chi connectivity index (χ0) is 18.1. The summed E-state index contributed by atoms with van der Waals surface area (Å²) in [5.41, 5.74) is 7.84. The minimum absolute atomic E-state index is 0. The van der Waals surface area contributed by atoms with Crippen LogP contribution < -0.4 is 10.5 Å². The summed E-state index contributed by atoms with van der Waals surface area (Å²) in [5, 5.41) is 9.41. The molecule has 4 aliphatic rings. The molecule has 4 aliphatic carbocycles. The molecule has 150 valence electrons. The molecule has 0 amide bonds. The number of hydrogen-bond acceptors (Lipinski definition) is 5. The largest absolute Gasteiger partial charge is 0.494 e. The number of nitrogens with zero attached hydrogens (tertiary/aromatic N) is 1. The van der Waals surface area contributed by atoms with E-state index in [1.165, 1.54) is 37.7 Å². The Kier molecular flexibility index (Phi) is 6.16. The molecule has 0 unspecified atom stereocenters. The number of ether oxygens (including phenoxy) is 1. The smallest absolute Gasteiger partial charge is 0.294 e. The van der Waals surface area contributed by atoms with Gasteiger partial charge >= 0.3 is 0 Å². The average molecular weight is 397 g/mol. The van der Waals surface area contributed by atoms with E-state index in [2.05, 4.69) is 23.0 Å². The third kappa shape index (κ3) is 3.74. The lowest BCUT2D eigenvalue weighted by atomic mass is 9.44. The predicted molar refractivity (Wildman–Crippen MR) is 105 cm³/mol. The summed E-state index contributed by atoms with van der Waals surface area (Å²) < 4.78 is 5.82. The Labute approximate surface area is 166 Å². The van der Waals surface area contributed by atoms with Crippen molar-refractivity contribution in [2.24, 2.45) is 29.4 Å². The minimum Gasteiger partial charge on any atom is -0.494 e. The topological polar surface area (TPSA) is 87.6 Å². The van der Waals surface area contributed by atoms with Crippen molar-refractivity contribution < 1.29 is 14.7 Å². The molecule has 6 nitrogen and oxygen atoms in total. The van der Waals surface area contributed by atoms with Crippen LogP contribution >= 0.6 is 12.4 Å². The van der Waals surface area contributed by atoms with Gasteiger partial charge in [0, 0.05) is 18.4 Å². The molecule has 0 atom stereocenters. The second-order valence-electron chi connectivity index (χ2n) is 8.34. The van der Waals surface area contributed by atoms with Crippen molar-refractivity contribution >= 4 is 12.4 Å². The summed E-state index contributed by atoms with van der Waals surface area (Å²) in [6, 6.07) is 8.39. The molecule has 1 aromatic rings. The third-order valence-corrected chi connectivity index (χ3v) is 7.06. The van der Waals surface area contributed by atoms with E-state index < -0.39 is 5.09 Å². The molecule has 4 saturated carbocycles. The van der Waals surface area contributed by atoms with Crippen LogP contribution in [0.3, 0.4) is 0 Å². The second-order valence-corrected chi connectivity index (χ2v) is 8.34. The zero-order valence-corrected chi connectivity index (χ0v) is 16.4. The lowest BCUT2D eigenvalue weighted by Crippen LogP contribution is -2.58. The molecule has 0 spiro atoms. The Morgan fingerprint density at radius 2 is 1.78 bits per heavy atom. The molecule has 5 rings (SSSR count). The van der Waals surface area contributed by atoms with Crippen molar-refractivity contribution in [2.45, 2.75) is 43.9 Å². The van der Waals surface area contributed by atoms with Crippen molar-refractivity contribution in [2.75, 3.05) is 19.8 Å². The highest BCUT2D eigenvalue weighted by molar-refractivity contribution is 5.85. The SMILES string of the molecule is Cl.NCC1(c2cccc(OCCCO[N+](=O)[O-])c2)C2CC3CC(C2)CC1C3. The van der Waals surface area contributed by atoms with Crippen LogP contribution in [0.25, 0.3) is 0 Å². The van der Waals surface area contributed by atoms with Crippen molar-refractivity contribution in [3.8, 4) is 5.75 Å². The van der Waals surface area contributed by atoms with Gasteiger partial charge in [-0.05, 0) is 73.5 Å². The number of halogens is 1. The van der Waals surface area contributed by atoms with Gasteiger partial charge in [-0.15, -0.1) is 22.5 Å². The number of hydrogen-bond donors (Lipinski definition) is 1. The molecule has 0 saturated heterocycles. The van der Waals surface area contributed by atoms with Gasteiger partial charge in [-0.2, -0.15) is 0 Å². The average Bonchev–Trinajstić information content (AvgIpc) is 2.61. The maximum atomic E-state index is 10.2. The molecular weight excluding hydrogens is 368 g/mol. The third-order valence-electron chi connectivity index (χ3n) is 7.06. The Morgan fingerprint density at radius 1 is 1.11 bits per heavy atom. The Balaban J connectivity index is 0.00000210. The van der Waals surface area contributed by atoms with Crippen molar-refractivity contribution in [1.82, 2.24) is 0 Å². The number of benzene rings is 1. The fraction of sp³-hybridized carbons (Fsp3) is 0.700. The summed E-state index contributed by atoms with van der Waals surface area (Å²) in [7, 11) is 0. The van der Waals surface area contributed by atoms with E-state index in [4.69, 9.17) is 10.5 Å². The number of rotatable bonds is 8. The van der Waals surface area contributed by atoms with Crippen LogP contribution in [0.1, 0.15) is 44.1 Å². The molecule has 2 N–H and O–H groups in total. The van der Waals surface area contributed by atoms with E-state index in [9.17, 15) is 10.1 Å². The minimum atomic E-state index is -0.766. The lowest BCUT2D eigenvalue weighted by Gasteiger charge is -2.61. The van der Waals surface area contributed by atoms with Gasteiger partial charge < -0.3 is 15.3 Å². The Bertz CT molecular complexity index is 641. The molecule has 4 fully saturated rings. The first-order chi connectivity index (χ1) is 12.6. The van der Waals surface area contributed by atoms with E-state index in [1.54, 1.807) is 0 Å². The van der Waals surface area contributed by atoms with Crippen molar-refractivity contribution in [3.05, 3.63) is 39.9 Å². The lowest BCUT2D eigenvalue weighted by molar-refractivity contribution is -0.757. The van der Waals surface area contributed by atoms with E-state index in [0.717, 1.165) is 17.6 Å². The highest BCUT2D eigenvalue weighted by Crippen LogP contribution is 2.62. The summed E-state index contributed by atoms with van der Waals surface area (Å²) >= 11 is 0. The van der Waals surface area contributed by atoms with Gasteiger partial charge in [-0.1, -0.05) is 12.1 Å². The molecule has 0 radical (unpaired) electrons. The molecular formula is C20H29ClN2O4. The van der Waals surface area contributed by atoms with Crippen molar-refractivity contribution in [1.29, 1.82) is 0 Å². The fourth-order valence-electron chi connectivity index (χ4n) is 6.21. The van der Waals surface area contributed by atoms with Crippen LogP contribution in [-0.2, 0) is 10.3 Å². The maximum Gasteiger partial charge on any atom is 0.294 e. The van der Waals surface area contributed by atoms with Gasteiger partial charge in [0.25, 0.3) is 5.09 Å². The van der Waals surface area contributed by atoms with Gasteiger partial charge in [0.05, 0.1) is 13.2 Å². The molecule has 0 aromatic heterocycles. The highest BCUT2D eigenvalue weighted by atomic mass is 35.5. The second kappa shape index (κ2) is 8.23. The highest BCUT2D eigenvalue weighted by Gasteiger charge is 2.57. The molecule has 27 heavy (non-hydrogen) atoms. The van der Waals surface area contributed by atoms with Crippen LogP contribution in [0.5, 0.6) is 5.75 Å². The summed E-state index contributed by atoms with van der Waals surface area (Å²) in [4.78, 5) is 14.5. The van der Waals surface area contributed by atoms with Crippen LogP contribution in [0, 0.1) is 33.8 Å². The first kappa shape index (κ1) is 20.2. The van der Waals surface area contributed by atoms with Crippen LogP contribution in [-0.4, -0.2) is 24.8 Å². The van der Waals surface area contributed by atoms with Gasteiger partial charge in [-0.25, -0.2) is 0 Å². The van der Waals surface area contributed by atoms with E-state index in [0.29, 0.717) is 31.4 Å². The van der Waals surface area contributed by atoms with E-state index in [-0.39, 0.29) is 24.4 Å². The predicted octanol–water partition coefficient (Wildman–Crippen LogP) is 3.74. The molecule has 7 heteroatoms. The van der Waals surface area contributed by atoms with Crippen LogP contribution in [0.4, 0.5) is 0 Å². The Hall–Kier alpha value is -1.53. The summed E-state index contributed by atoms with van der Waals surface area (Å²) in [6.07, 6.45) is 7.23. The van der Waals surface area contributed by atoms with Crippen LogP contribution in [0.2, 0.25) is 0 Å². The van der Waals surface area contributed by atoms with E-state index >= 15 is 0 Å². The van der Waals surface area contributed by atoms with Gasteiger partial charge in [-0.3, -0.25) is 0 Å². The fourth-order valence-corrected chi connectivity index (χ4v) is 6.21. The summed E-state index contributed by atoms with van der Waals surface area (Å²) in [6.45, 7) is 1.18. The van der Waals surface area contributed by atoms with Gasteiger partial charge in [0.2, 0.25) is 0 Å². The quantitative estimate of drug-likeness (QED) is 0.411. The first-order valence-corrected chi connectivity index (χ1v) is 9.82. The Morgan fingerprint density at radius 3 is 2.37 bits per heavy atom. The monoisotopic (exact) mass is 396 g/mol. The molecule has 1 aromatic carbocycles. The van der Waals surface area contributed by atoms with E-state index in [1.807, 2.05) is 6.07 Å². The summed E-state index contributed by atoms with van der Waals surface area (Å²) in [5.74, 6) is 4.06. The first-order valence-electron chi connectivity index (χ1n) is 9.82. The van der Waals surface area contributed by atoms with Crippen molar-refractivity contribution in [3.63, 3.8) is 0 Å². The van der Waals surface area contributed by atoms with Gasteiger partial charge in [0.1, 0.15) is 5.75 Å². The molecule has 0 aliphatic heterocycles. The number of nitrogens with two attached hydrogens (primary N) is 1. The maximum absolute atomic E-state index is 10.2. The zero-order valence-electron chi connectivity index (χ0n) is 15.5. The standard InChI is InChI=1S/C20H28N2O4.ClH/c21-13-20(17-8-14-7-15(10-17)11-18(20)9-14)16-3-1-4-19(12-16)25-5-2-6-26-22(23)24;/h1,3-4,12,14-15,17-18H,2,5-11,13,21H2;1H. The normalized spacial score (nSPS) is 33.4. The van der Waals surface area contributed by atoms with Crippen LogP contribution in [0.15, 0.2) is 24.3 Å². The molecule has 0 heterocycles. The van der Waals surface area contributed by atoms with Gasteiger partial charge in [0.15, 0.2) is 0 Å².